The molecular formula is C10H14N4O2S. The van der Waals surface area contributed by atoms with Gasteiger partial charge in [0.05, 0.1) is 0 Å². The third-order valence-corrected chi connectivity index (χ3v) is 3.69. The summed E-state index contributed by atoms with van der Waals surface area (Å²) in [5.74, 6) is 0.572. The molecule has 7 heteroatoms. The Morgan fingerprint density at radius 2 is 2.18 bits per heavy atom. The van der Waals surface area contributed by atoms with E-state index in [1.54, 1.807) is 12.3 Å². The average Bonchev–Trinajstić information content (AvgIpc) is 2.85. The number of aromatic amines is 2. The number of nitrogens with one attached hydrogen (secondary N) is 3. The first-order valence-electron chi connectivity index (χ1n) is 5.20. The van der Waals surface area contributed by atoms with Crippen molar-refractivity contribution >= 4 is 15.8 Å². The highest BCUT2D eigenvalue weighted by atomic mass is 32.2. The minimum absolute atomic E-state index is 0.187. The molecule has 2 aromatic rings. The van der Waals surface area contributed by atoms with Crippen LogP contribution in [0.15, 0.2) is 29.4 Å². The van der Waals surface area contributed by atoms with Crippen LogP contribution in [0.5, 0.6) is 0 Å². The van der Waals surface area contributed by atoms with Crippen LogP contribution in [-0.4, -0.2) is 23.6 Å². The van der Waals surface area contributed by atoms with E-state index in [4.69, 9.17) is 0 Å². The predicted octanol–water partition coefficient (Wildman–Crippen LogP) is 1.66. The Hall–Kier alpha value is -1.76. The molecule has 0 aliphatic heterocycles. The van der Waals surface area contributed by atoms with Gasteiger partial charge < -0.3 is 4.98 Å². The third-order valence-electron chi connectivity index (χ3n) is 2.34. The molecule has 0 unspecified atom stereocenters. The van der Waals surface area contributed by atoms with Crippen LogP contribution in [-0.2, 0) is 10.0 Å². The van der Waals surface area contributed by atoms with E-state index < -0.39 is 10.0 Å². The van der Waals surface area contributed by atoms with Gasteiger partial charge in [0.2, 0.25) is 0 Å². The number of aromatic nitrogens is 3. The summed E-state index contributed by atoms with van der Waals surface area (Å²) in [6.07, 6.45) is 2.97. The molecule has 0 spiro atoms. The Balaban J connectivity index is 2.21. The molecule has 0 bridgehead atoms. The minimum atomic E-state index is -3.55. The summed E-state index contributed by atoms with van der Waals surface area (Å²) in [4.78, 5) is 2.88. The first-order chi connectivity index (χ1) is 7.99. The highest BCUT2D eigenvalue weighted by Gasteiger charge is 2.16. The van der Waals surface area contributed by atoms with Gasteiger partial charge in [-0.15, -0.1) is 0 Å². The zero-order valence-corrected chi connectivity index (χ0v) is 10.4. The standard InChI is InChI=1S/C10H14N4O2S/c1-7(2)9-5-10(13-12-9)14-17(15,16)8-3-4-11-6-8/h3-7,11H,1-2H3,(H2,12,13,14). The molecule has 0 atom stereocenters. The highest BCUT2D eigenvalue weighted by Crippen LogP contribution is 2.18. The van der Waals surface area contributed by atoms with Crippen molar-refractivity contribution < 1.29 is 8.42 Å². The molecule has 0 fully saturated rings. The number of H-pyrrole nitrogens is 2. The number of rotatable bonds is 4. The van der Waals surface area contributed by atoms with Crippen molar-refractivity contribution in [3.63, 3.8) is 0 Å². The topological polar surface area (TPSA) is 90.6 Å². The molecule has 0 aliphatic carbocycles. The Morgan fingerprint density at radius 3 is 2.71 bits per heavy atom. The summed E-state index contributed by atoms with van der Waals surface area (Å²) in [5.41, 5.74) is 0.886. The second kappa shape index (κ2) is 4.25. The largest absolute Gasteiger partial charge is 0.366 e. The molecule has 0 aliphatic rings. The Labute approximate surface area is 99.5 Å². The Kier molecular flexibility index (Phi) is 2.93. The summed E-state index contributed by atoms with van der Waals surface area (Å²) in [7, 11) is -3.55. The van der Waals surface area contributed by atoms with Crippen molar-refractivity contribution in [3.05, 3.63) is 30.2 Å². The first-order valence-corrected chi connectivity index (χ1v) is 6.68. The van der Waals surface area contributed by atoms with Gasteiger partial charge in [-0.2, -0.15) is 5.10 Å². The average molecular weight is 254 g/mol. The zero-order chi connectivity index (χ0) is 12.5. The molecule has 0 saturated carbocycles. The maximum absolute atomic E-state index is 11.9. The highest BCUT2D eigenvalue weighted by molar-refractivity contribution is 7.92. The fourth-order valence-electron chi connectivity index (χ4n) is 1.36. The lowest BCUT2D eigenvalue weighted by Crippen LogP contribution is -2.12. The molecule has 0 amide bonds. The second-order valence-electron chi connectivity index (χ2n) is 4.02. The van der Waals surface area contributed by atoms with Crippen molar-refractivity contribution in [2.75, 3.05) is 4.72 Å². The summed E-state index contributed by atoms with van der Waals surface area (Å²) in [6.45, 7) is 4.00. The normalized spacial score (nSPS) is 11.9. The quantitative estimate of drug-likeness (QED) is 0.775. The van der Waals surface area contributed by atoms with Crippen LogP contribution in [0.1, 0.15) is 25.5 Å². The van der Waals surface area contributed by atoms with E-state index >= 15 is 0 Å². The lowest BCUT2D eigenvalue weighted by molar-refractivity contribution is 0.601. The van der Waals surface area contributed by atoms with Crippen LogP contribution < -0.4 is 4.72 Å². The van der Waals surface area contributed by atoms with Gasteiger partial charge in [-0.05, 0) is 12.0 Å². The molecule has 0 aromatic carbocycles. The summed E-state index contributed by atoms with van der Waals surface area (Å²) in [5, 5.41) is 6.70. The van der Waals surface area contributed by atoms with Crippen LogP contribution in [0.2, 0.25) is 0 Å². The summed E-state index contributed by atoms with van der Waals surface area (Å²) < 4.78 is 26.1. The van der Waals surface area contributed by atoms with E-state index in [2.05, 4.69) is 19.9 Å². The first kappa shape index (κ1) is 11.7. The SMILES string of the molecule is CC(C)c1cc(NS(=O)(=O)c2cc[nH]c2)n[nH]1. The van der Waals surface area contributed by atoms with Crippen LogP contribution in [0, 0.1) is 0 Å². The van der Waals surface area contributed by atoms with Gasteiger partial charge in [0, 0.05) is 24.2 Å². The lowest BCUT2D eigenvalue weighted by atomic mass is 10.1. The van der Waals surface area contributed by atoms with Gasteiger partial charge >= 0.3 is 0 Å². The van der Waals surface area contributed by atoms with Crippen LogP contribution in [0.25, 0.3) is 0 Å². The van der Waals surface area contributed by atoms with E-state index in [0.717, 1.165) is 5.69 Å². The summed E-state index contributed by atoms with van der Waals surface area (Å²) in [6, 6.07) is 3.17. The smallest absolute Gasteiger partial charge is 0.264 e. The predicted molar refractivity (Wildman–Crippen MR) is 64.3 cm³/mol. The molecule has 2 rings (SSSR count). The van der Waals surface area contributed by atoms with Gasteiger partial charge in [0.25, 0.3) is 10.0 Å². The van der Waals surface area contributed by atoms with Crippen molar-refractivity contribution in [2.24, 2.45) is 0 Å². The fraction of sp³-hybridized carbons (Fsp3) is 0.300. The molecule has 3 N–H and O–H groups in total. The van der Waals surface area contributed by atoms with Crippen molar-refractivity contribution in [2.45, 2.75) is 24.7 Å². The number of hydrogen-bond donors (Lipinski definition) is 3. The summed E-state index contributed by atoms with van der Waals surface area (Å²) >= 11 is 0. The maximum Gasteiger partial charge on any atom is 0.264 e. The van der Waals surface area contributed by atoms with Crippen LogP contribution in [0.4, 0.5) is 5.82 Å². The van der Waals surface area contributed by atoms with Gasteiger partial charge in [0.15, 0.2) is 5.82 Å². The third kappa shape index (κ3) is 2.50. The molecule has 0 saturated heterocycles. The van der Waals surface area contributed by atoms with Crippen LogP contribution >= 0.6 is 0 Å². The van der Waals surface area contributed by atoms with Gasteiger partial charge in [-0.1, -0.05) is 13.8 Å². The molecule has 6 nitrogen and oxygen atoms in total. The maximum atomic E-state index is 11.9. The molecule has 17 heavy (non-hydrogen) atoms. The van der Waals surface area contributed by atoms with E-state index in [-0.39, 0.29) is 10.8 Å². The molecule has 0 radical (unpaired) electrons. The Bertz CT molecular complexity index is 584. The second-order valence-corrected chi connectivity index (χ2v) is 5.70. The molecule has 2 heterocycles. The molecule has 2 aromatic heterocycles. The van der Waals surface area contributed by atoms with Crippen LogP contribution in [0.3, 0.4) is 0 Å². The van der Waals surface area contributed by atoms with Crippen molar-refractivity contribution in [1.82, 2.24) is 15.2 Å². The number of nitrogens with zero attached hydrogens (tertiary/aromatic N) is 1. The van der Waals surface area contributed by atoms with Gasteiger partial charge in [-0.25, -0.2) is 8.42 Å². The van der Waals surface area contributed by atoms with Crippen molar-refractivity contribution in [1.29, 1.82) is 0 Å². The number of anilines is 1. The molecule has 92 valence electrons. The van der Waals surface area contributed by atoms with Gasteiger partial charge in [-0.3, -0.25) is 9.82 Å². The van der Waals surface area contributed by atoms with E-state index in [9.17, 15) is 8.42 Å². The van der Waals surface area contributed by atoms with E-state index in [1.807, 2.05) is 13.8 Å². The lowest BCUT2D eigenvalue weighted by Gasteiger charge is -2.01. The fourth-order valence-corrected chi connectivity index (χ4v) is 2.33. The monoisotopic (exact) mass is 254 g/mol. The number of sulfonamides is 1. The number of hydrogen-bond acceptors (Lipinski definition) is 3. The Morgan fingerprint density at radius 1 is 1.41 bits per heavy atom. The van der Waals surface area contributed by atoms with E-state index in [0.29, 0.717) is 5.82 Å². The minimum Gasteiger partial charge on any atom is -0.366 e. The van der Waals surface area contributed by atoms with Crippen molar-refractivity contribution in [3.8, 4) is 0 Å². The molecular weight excluding hydrogens is 240 g/mol. The van der Waals surface area contributed by atoms with Gasteiger partial charge in [0.1, 0.15) is 4.90 Å². The van der Waals surface area contributed by atoms with E-state index in [1.165, 1.54) is 12.3 Å². The zero-order valence-electron chi connectivity index (χ0n) is 9.56.